The molecule has 1 aromatic carbocycles. The van der Waals surface area contributed by atoms with Crippen molar-refractivity contribution in [1.82, 2.24) is 14.9 Å². The molecule has 1 fully saturated rings. The van der Waals surface area contributed by atoms with Crippen LogP contribution >= 0.6 is 24.2 Å². The maximum absolute atomic E-state index is 12.5. The molecule has 1 aliphatic carbocycles. The summed E-state index contributed by atoms with van der Waals surface area (Å²) in [6.45, 7) is 0. The minimum atomic E-state index is -0.126. The molecule has 2 aromatic rings. The number of anilines is 1. The Morgan fingerprint density at radius 1 is 1.43 bits per heavy atom. The van der Waals surface area contributed by atoms with Gasteiger partial charge >= 0.3 is 0 Å². The number of thiol groups is 1. The van der Waals surface area contributed by atoms with Crippen molar-refractivity contribution in [3.05, 3.63) is 46.5 Å². The summed E-state index contributed by atoms with van der Waals surface area (Å²) in [6.07, 6.45) is 5.52. The Morgan fingerprint density at radius 2 is 2.14 bits per heavy atom. The summed E-state index contributed by atoms with van der Waals surface area (Å²) in [5.74, 6) is 1.15. The van der Waals surface area contributed by atoms with Gasteiger partial charge in [0.05, 0.1) is 10.6 Å². The maximum atomic E-state index is 12.5. The normalized spacial score (nSPS) is 19.1. The summed E-state index contributed by atoms with van der Waals surface area (Å²) >= 11 is 10.4. The minimum Gasteiger partial charge on any atom is -0.372 e. The van der Waals surface area contributed by atoms with Gasteiger partial charge in [0.25, 0.3) is 5.91 Å². The van der Waals surface area contributed by atoms with Gasteiger partial charge in [0, 0.05) is 43.8 Å². The number of nitrogens with zero attached hydrogens (tertiary/aromatic N) is 4. The first kappa shape index (κ1) is 20.6. The number of amides is 1. The van der Waals surface area contributed by atoms with Crippen molar-refractivity contribution in [3.63, 3.8) is 0 Å². The molecule has 1 heterocycles. The van der Waals surface area contributed by atoms with E-state index in [0.29, 0.717) is 28.1 Å². The molecule has 1 amide bonds. The van der Waals surface area contributed by atoms with Crippen molar-refractivity contribution in [2.24, 2.45) is 7.05 Å². The highest BCUT2D eigenvalue weighted by Gasteiger charge is 2.26. The molecular formula is C20H24ClN5OS. The Morgan fingerprint density at radius 3 is 2.71 bits per heavy atom. The standard InChI is InChI=1S/C20H24ClN5OS/c1-25-11-18(24-19(25)12-28)20(27)23-14-4-7-15(8-5-14)26(2)16-6-3-13(10-22)17(21)9-16/h3,6,9,11,14-15,28H,4-5,7-8,12H2,1-2H3,(H,23,27). The molecule has 8 heteroatoms. The zero-order valence-electron chi connectivity index (χ0n) is 16.0. The van der Waals surface area contributed by atoms with Crippen LogP contribution in [0, 0.1) is 11.3 Å². The highest BCUT2D eigenvalue weighted by Crippen LogP contribution is 2.29. The second kappa shape index (κ2) is 8.89. The van der Waals surface area contributed by atoms with Crippen molar-refractivity contribution in [3.8, 4) is 6.07 Å². The van der Waals surface area contributed by atoms with E-state index in [0.717, 1.165) is 37.2 Å². The summed E-state index contributed by atoms with van der Waals surface area (Å²) in [6, 6.07) is 8.15. The van der Waals surface area contributed by atoms with E-state index in [9.17, 15) is 4.79 Å². The second-order valence-electron chi connectivity index (χ2n) is 7.18. The highest BCUT2D eigenvalue weighted by atomic mass is 35.5. The number of aromatic nitrogens is 2. The van der Waals surface area contributed by atoms with Crippen LogP contribution in [0.3, 0.4) is 0 Å². The Balaban J connectivity index is 1.56. The van der Waals surface area contributed by atoms with Gasteiger partial charge < -0.3 is 14.8 Å². The number of carbonyl (C=O) groups excluding carboxylic acids is 1. The molecule has 28 heavy (non-hydrogen) atoms. The van der Waals surface area contributed by atoms with Crippen LogP contribution in [0.25, 0.3) is 0 Å². The van der Waals surface area contributed by atoms with Gasteiger partial charge in [-0.05, 0) is 43.9 Å². The molecule has 3 rings (SSSR count). The monoisotopic (exact) mass is 417 g/mol. The smallest absolute Gasteiger partial charge is 0.271 e. The summed E-state index contributed by atoms with van der Waals surface area (Å²) < 4.78 is 1.83. The predicted octanol–water partition coefficient (Wildman–Crippen LogP) is 3.55. The van der Waals surface area contributed by atoms with Gasteiger partial charge in [0.2, 0.25) is 0 Å². The molecule has 1 aliphatic rings. The lowest BCUT2D eigenvalue weighted by Crippen LogP contribution is -2.43. The molecule has 0 unspecified atom stereocenters. The first-order valence-corrected chi connectivity index (χ1v) is 10.3. The molecule has 148 valence electrons. The molecule has 1 aromatic heterocycles. The van der Waals surface area contributed by atoms with Crippen molar-refractivity contribution < 1.29 is 4.79 Å². The van der Waals surface area contributed by atoms with Gasteiger partial charge in [0.1, 0.15) is 17.6 Å². The van der Waals surface area contributed by atoms with E-state index in [2.05, 4.69) is 33.9 Å². The largest absolute Gasteiger partial charge is 0.372 e. The molecule has 0 saturated heterocycles. The lowest BCUT2D eigenvalue weighted by atomic mass is 9.90. The lowest BCUT2D eigenvalue weighted by molar-refractivity contribution is 0.0921. The summed E-state index contributed by atoms with van der Waals surface area (Å²) in [4.78, 5) is 19.0. The van der Waals surface area contributed by atoms with Crippen LogP contribution in [0.4, 0.5) is 5.69 Å². The summed E-state index contributed by atoms with van der Waals surface area (Å²) in [7, 11) is 3.92. The Kier molecular flexibility index (Phi) is 6.53. The van der Waals surface area contributed by atoms with Crippen molar-refractivity contribution in [1.29, 1.82) is 5.26 Å². The number of nitriles is 1. The maximum Gasteiger partial charge on any atom is 0.271 e. The van der Waals surface area contributed by atoms with Crippen molar-refractivity contribution >= 4 is 35.8 Å². The van der Waals surface area contributed by atoms with Gasteiger partial charge in [-0.25, -0.2) is 4.98 Å². The molecule has 0 bridgehead atoms. The third-order valence-electron chi connectivity index (χ3n) is 5.41. The average Bonchev–Trinajstić information content (AvgIpc) is 3.09. The minimum absolute atomic E-state index is 0.126. The topological polar surface area (TPSA) is 74.0 Å². The number of aryl methyl sites for hydroxylation is 1. The second-order valence-corrected chi connectivity index (χ2v) is 7.90. The van der Waals surface area contributed by atoms with E-state index in [1.54, 1.807) is 12.3 Å². The number of nitrogens with one attached hydrogen (secondary N) is 1. The van der Waals surface area contributed by atoms with Crippen LogP contribution in [-0.2, 0) is 12.8 Å². The van der Waals surface area contributed by atoms with Gasteiger partial charge in [-0.15, -0.1) is 0 Å². The Labute approximate surface area is 175 Å². The number of halogens is 1. The van der Waals surface area contributed by atoms with E-state index < -0.39 is 0 Å². The molecule has 0 spiro atoms. The van der Waals surface area contributed by atoms with Gasteiger partial charge in [-0.2, -0.15) is 17.9 Å². The molecule has 1 N–H and O–H groups in total. The molecular weight excluding hydrogens is 394 g/mol. The third kappa shape index (κ3) is 4.45. The number of carbonyl (C=O) groups is 1. The van der Waals surface area contributed by atoms with Gasteiger partial charge in [-0.3, -0.25) is 4.79 Å². The van der Waals surface area contributed by atoms with Crippen LogP contribution in [0.15, 0.2) is 24.4 Å². The number of rotatable bonds is 5. The van der Waals surface area contributed by atoms with Crippen LogP contribution < -0.4 is 10.2 Å². The Bertz CT molecular complexity index is 898. The van der Waals surface area contributed by atoms with Crippen LogP contribution in [-0.4, -0.2) is 34.6 Å². The Hall–Kier alpha value is -2.17. The van der Waals surface area contributed by atoms with E-state index in [1.807, 2.05) is 30.8 Å². The van der Waals surface area contributed by atoms with Crippen LogP contribution in [0.1, 0.15) is 47.6 Å². The highest BCUT2D eigenvalue weighted by molar-refractivity contribution is 7.79. The average molecular weight is 418 g/mol. The number of hydrogen-bond acceptors (Lipinski definition) is 5. The molecule has 0 atom stereocenters. The van der Waals surface area contributed by atoms with E-state index >= 15 is 0 Å². The molecule has 6 nitrogen and oxygen atoms in total. The van der Waals surface area contributed by atoms with Gasteiger partial charge in [0.15, 0.2) is 0 Å². The summed E-state index contributed by atoms with van der Waals surface area (Å²) in [5, 5.41) is 12.6. The zero-order valence-corrected chi connectivity index (χ0v) is 17.7. The molecule has 0 radical (unpaired) electrons. The summed E-state index contributed by atoms with van der Waals surface area (Å²) in [5.41, 5.74) is 1.93. The molecule has 0 aliphatic heterocycles. The zero-order chi connectivity index (χ0) is 20.3. The fraction of sp³-hybridized carbons (Fsp3) is 0.450. The lowest BCUT2D eigenvalue weighted by Gasteiger charge is -2.36. The molecule has 1 saturated carbocycles. The fourth-order valence-corrected chi connectivity index (χ4v) is 4.16. The van der Waals surface area contributed by atoms with Crippen LogP contribution in [0.5, 0.6) is 0 Å². The number of hydrogen-bond donors (Lipinski definition) is 2. The SMILES string of the molecule is CN(c1ccc(C#N)c(Cl)c1)C1CCC(NC(=O)c2cn(C)c(CS)n2)CC1. The van der Waals surface area contributed by atoms with E-state index in [-0.39, 0.29) is 11.9 Å². The quantitative estimate of drug-likeness (QED) is 0.729. The van der Waals surface area contributed by atoms with E-state index in [1.165, 1.54) is 0 Å². The third-order valence-corrected chi connectivity index (χ3v) is 6.00. The predicted molar refractivity (Wildman–Crippen MR) is 114 cm³/mol. The van der Waals surface area contributed by atoms with E-state index in [4.69, 9.17) is 16.9 Å². The number of benzene rings is 1. The van der Waals surface area contributed by atoms with Crippen LogP contribution in [0.2, 0.25) is 5.02 Å². The fourth-order valence-electron chi connectivity index (χ4n) is 3.65. The first-order valence-electron chi connectivity index (χ1n) is 9.29. The van der Waals surface area contributed by atoms with Crippen molar-refractivity contribution in [2.75, 3.05) is 11.9 Å². The van der Waals surface area contributed by atoms with Crippen molar-refractivity contribution in [2.45, 2.75) is 43.5 Å². The number of imidazole rings is 1. The first-order chi connectivity index (χ1) is 13.4. The van der Waals surface area contributed by atoms with Gasteiger partial charge in [-0.1, -0.05) is 11.6 Å².